The zero-order chi connectivity index (χ0) is 20.9. The Morgan fingerprint density at radius 2 is 1.71 bits per heavy atom. The fourth-order valence-corrected chi connectivity index (χ4v) is 2.82. The van der Waals surface area contributed by atoms with Crippen molar-refractivity contribution in [3.05, 3.63) is 58.8 Å². The minimum absolute atomic E-state index is 0.105. The van der Waals surface area contributed by atoms with Gasteiger partial charge in [-0.2, -0.15) is 31.4 Å². The number of hydrogen-bond donors (Lipinski definition) is 1. The van der Waals surface area contributed by atoms with Gasteiger partial charge in [0.1, 0.15) is 11.4 Å². The Balaban J connectivity index is 2.21. The van der Waals surface area contributed by atoms with E-state index in [1.807, 2.05) is 0 Å². The predicted octanol–water partition coefficient (Wildman–Crippen LogP) is 5.03. The van der Waals surface area contributed by atoms with E-state index < -0.39 is 40.6 Å². The molecule has 0 spiro atoms. The molecule has 148 valence electrons. The molecule has 2 aromatic carbocycles. The standard InChI is InChI=1S/C18H12F6N2O2/c1-2-26-15(11-8-10(17(19,20)21)4-5-13(11)25-26)16(28)9-3-6-14(27)12(7-9)18(22,23)24/h3-8,27H,2H2,1H3. The van der Waals surface area contributed by atoms with Gasteiger partial charge in [-0.05, 0) is 43.3 Å². The van der Waals surface area contributed by atoms with Crippen LogP contribution in [0.15, 0.2) is 36.4 Å². The molecule has 0 saturated carbocycles. The van der Waals surface area contributed by atoms with Gasteiger partial charge in [0.2, 0.25) is 5.78 Å². The number of phenols is 1. The minimum atomic E-state index is -4.91. The predicted molar refractivity (Wildman–Crippen MR) is 87.0 cm³/mol. The molecule has 3 aromatic rings. The number of phenolic OH excluding ortho intramolecular Hbond substituents is 1. The zero-order valence-electron chi connectivity index (χ0n) is 14.2. The normalized spacial score (nSPS) is 12.5. The first-order valence-electron chi connectivity index (χ1n) is 7.96. The lowest BCUT2D eigenvalue weighted by Crippen LogP contribution is -2.13. The summed E-state index contributed by atoms with van der Waals surface area (Å²) in [4.78, 5) is 12.9. The van der Waals surface area contributed by atoms with Crippen LogP contribution in [-0.4, -0.2) is 20.7 Å². The zero-order valence-corrected chi connectivity index (χ0v) is 14.2. The number of carbonyl (C=O) groups excluding carboxylic acids is 1. The molecule has 1 aromatic heterocycles. The van der Waals surface area contributed by atoms with Crippen LogP contribution in [0.2, 0.25) is 0 Å². The molecule has 0 radical (unpaired) electrons. The lowest BCUT2D eigenvalue weighted by atomic mass is 10.0. The Labute approximate surface area is 154 Å². The van der Waals surface area contributed by atoms with Crippen molar-refractivity contribution >= 4 is 16.7 Å². The van der Waals surface area contributed by atoms with Crippen LogP contribution in [0.5, 0.6) is 5.75 Å². The van der Waals surface area contributed by atoms with Crippen molar-refractivity contribution in [1.82, 2.24) is 9.78 Å². The first-order valence-corrected chi connectivity index (χ1v) is 7.96. The Morgan fingerprint density at radius 1 is 1.04 bits per heavy atom. The van der Waals surface area contributed by atoms with E-state index in [2.05, 4.69) is 5.10 Å². The summed E-state index contributed by atoms with van der Waals surface area (Å²) in [5, 5.41) is 13.3. The van der Waals surface area contributed by atoms with Crippen molar-refractivity contribution in [3.8, 4) is 5.75 Å². The Bertz CT molecular complexity index is 1070. The number of benzene rings is 2. The quantitative estimate of drug-likeness (QED) is 0.494. The van der Waals surface area contributed by atoms with Gasteiger partial charge in [0.05, 0.1) is 16.6 Å². The summed E-state index contributed by atoms with van der Waals surface area (Å²) in [6, 6.07) is 4.80. The van der Waals surface area contributed by atoms with Gasteiger partial charge < -0.3 is 5.11 Å². The molecule has 10 heteroatoms. The van der Waals surface area contributed by atoms with E-state index >= 15 is 0 Å². The number of nitrogens with zero attached hydrogens (tertiary/aromatic N) is 2. The van der Waals surface area contributed by atoms with Gasteiger partial charge in [0.25, 0.3) is 0 Å². The van der Waals surface area contributed by atoms with E-state index in [0.29, 0.717) is 12.1 Å². The van der Waals surface area contributed by atoms with Crippen LogP contribution in [-0.2, 0) is 18.9 Å². The first kappa shape index (κ1) is 19.7. The number of ketones is 1. The van der Waals surface area contributed by atoms with E-state index in [0.717, 1.165) is 28.9 Å². The maximum atomic E-state index is 13.0. The second kappa shape index (κ2) is 6.54. The number of rotatable bonds is 3. The highest BCUT2D eigenvalue weighted by Crippen LogP contribution is 2.37. The summed E-state index contributed by atoms with van der Waals surface area (Å²) in [7, 11) is 0. The summed E-state index contributed by atoms with van der Waals surface area (Å²) in [6.45, 7) is 1.70. The molecular formula is C18H12F6N2O2. The highest BCUT2D eigenvalue weighted by Gasteiger charge is 2.35. The molecule has 4 nitrogen and oxygen atoms in total. The minimum Gasteiger partial charge on any atom is -0.507 e. The highest BCUT2D eigenvalue weighted by atomic mass is 19.4. The SMILES string of the molecule is CCn1nc2ccc(C(F)(F)F)cc2c1C(=O)c1ccc(O)c(C(F)(F)F)c1. The van der Waals surface area contributed by atoms with E-state index in [1.54, 1.807) is 6.92 Å². The smallest absolute Gasteiger partial charge is 0.419 e. The van der Waals surface area contributed by atoms with Crippen LogP contribution in [0.1, 0.15) is 34.1 Å². The molecule has 1 N–H and O–H groups in total. The van der Waals surface area contributed by atoms with Crippen molar-refractivity contribution in [2.45, 2.75) is 25.8 Å². The van der Waals surface area contributed by atoms with Crippen LogP contribution >= 0.6 is 0 Å². The van der Waals surface area contributed by atoms with Crippen LogP contribution in [0.4, 0.5) is 26.3 Å². The number of halogens is 6. The largest absolute Gasteiger partial charge is 0.507 e. The summed E-state index contributed by atoms with van der Waals surface area (Å²) in [5.74, 6) is -1.99. The Kier molecular flexibility index (Phi) is 4.60. The number of hydrogen-bond acceptors (Lipinski definition) is 3. The first-order chi connectivity index (χ1) is 12.9. The second-order valence-corrected chi connectivity index (χ2v) is 5.95. The van der Waals surface area contributed by atoms with E-state index in [-0.39, 0.29) is 23.1 Å². The average molecular weight is 402 g/mol. The van der Waals surface area contributed by atoms with Crippen LogP contribution in [0, 0.1) is 0 Å². The van der Waals surface area contributed by atoms with Crippen molar-refractivity contribution in [3.63, 3.8) is 0 Å². The van der Waals surface area contributed by atoms with Crippen molar-refractivity contribution in [1.29, 1.82) is 0 Å². The van der Waals surface area contributed by atoms with Gasteiger partial charge in [0, 0.05) is 17.5 Å². The molecule has 0 bridgehead atoms. The molecule has 0 aliphatic rings. The van der Waals surface area contributed by atoms with Crippen molar-refractivity contribution in [2.24, 2.45) is 0 Å². The van der Waals surface area contributed by atoms with E-state index in [4.69, 9.17) is 0 Å². The Hall–Kier alpha value is -3.04. The lowest BCUT2D eigenvalue weighted by molar-refractivity contribution is -0.139. The lowest BCUT2D eigenvalue weighted by Gasteiger charge is -2.11. The molecule has 28 heavy (non-hydrogen) atoms. The van der Waals surface area contributed by atoms with Gasteiger partial charge in [-0.1, -0.05) is 0 Å². The molecule has 0 amide bonds. The molecule has 0 fully saturated rings. The average Bonchev–Trinajstić information content (AvgIpc) is 2.97. The maximum absolute atomic E-state index is 13.0. The van der Waals surface area contributed by atoms with Crippen molar-refractivity contribution in [2.75, 3.05) is 0 Å². The molecule has 3 rings (SSSR count). The van der Waals surface area contributed by atoms with Gasteiger partial charge in [-0.3, -0.25) is 9.48 Å². The number of carbonyl (C=O) groups is 1. The molecule has 0 atom stereocenters. The van der Waals surface area contributed by atoms with E-state index in [9.17, 15) is 36.2 Å². The number of aromatic nitrogens is 2. The monoisotopic (exact) mass is 402 g/mol. The van der Waals surface area contributed by atoms with E-state index in [1.165, 1.54) is 0 Å². The molecule has 0 aliphatic carbocycles. The molecule has 1 heterocycles. The van der Waals surface area contributed by atoms with Crippen molar-refractivity contribution < 1.29 is 36.2 Å². The summed E-state index contributed by atoms with van der Waals surface area (Å²) < 4.78 is 79.2. The van der Waals surface area contributed by atoms with Gasteiger partial charge in [-0.15, -0.1) is 0 Å². The summed E-state index contributed by atoms with van der Waals surface area (Å²) in [5.41, 5.74) is -3.01. The van der Waals surface area contributed by atoms with Gasteiger partial charge in [-0.25, -0.2) is 0 Å². The molecule has 0 unspecified atom stereocenters. The molecular weight excluding hydrogens is 390 g/mol. The number of alkyl halides is 6. The molecule has 0 saturated heterocycles. The fourth-order valence-electron chi connectivity index (χ4n) is 2.82. The third-order valence-corrected chi connectivity index (χ3v) is 4.14. The fraction of sp³-hybridized carbons (Fsp3) is 0.222. The number of fused-ring (bicyclic) bond motifs is 1. The number of aromatic hydroxyl groups is 1. The molecule has 0 aliphatic heterocycles. The Morgan fingerprint density at radius 3 is 2.29 bits per heavy atom. The summed E-state index contributed by atoms with van der Waals surface area (Å²) in [6.07, 6.45) is -9.57. The third kappa shape index (κ3) is 3.41. The second-order valence-electron chi connectivity index (χ2n) is 5.95. The third-order valence-electron chi connectivity index (χ3n) is 4.14. The van der Waals surface area contributed by atoms with Gasteiger partial charge in [0.15, 0.2) is 0 Å². The van der Waals surface area contributed by atoms with Gasteiger partial charge >= 0.3 is 12.4 Å². The number of aryl methyl sites for hydroxylation is 1. The van der Waals surface area contributed by atoms with Crippen LogP contribution in [0.25, 0.3) is 10.9 Å². The maximum Gasteiger partial charge on any atom is 0.419 e. The topological polar surface area (TPSA) is 55.1 Å². The van der Waals surface area contributed by atoms with Crippen LogP contribution in [0.3, 0.4) is 0 Å². The summed E-state index contributed by atoms with van der Waals surface area (Å²) >= 11 is 0. The van der Waals surface area contributed by atoms with Crippen LogP contribution < -0.4 is 0 Å². The highest BCUT2D eigenvalue weighted by molar-refractivity contribution is 6.15.